The second-order valence-corrected chi connectivity index (χ2v) is 9.13. The van der Waals surface area contributed by atoms with Crippen molar-refractivity contribution in [2.45, 2.75) is 136 Å². The van der Waals surface area contributed by atoms with Gasteiger partial charge in [-0.15, -0.1) is 0 Å². The molecule has 31 heavy (non-hydrogen) atoms. The number of hydrogen-bond acceptors (Lipinski definition) is 5. The molecule has 0 amide bonds. The Morgan fingerprint density at radius 2 is 1.42 bits per heavy atom. The van der Waals surface area contributed by atoms with Crippen LogP contribution in [-0.4, -0.2) is 23.0 Å². The normalized spacial score (nSPS) is 15.8. The van der Waals surface area contributed by atoms with Crippen molar-refractivity contribution >= 4 is 11.8 Å². The Morgan fingerprint density at radius 3 is 1.94 bits per heavy atom. The summed E-state index contributed by atoms with van der Waals surface area (Å²) in [7, 11) is 0. The first-order chi connectivity index (χ1) is 15.1. The molecule has 1 aromatic heterocycles. The van der Waals surface area contributed by atoms with Crippen molar-refractivity contribution in [1.29, 1.82) is 0 Å². The summed E-state index contributed by atoms with van der Waals surface area (Å²) in [4.78, 5) is 23.8. The van der Waals surface area contributed by atoms with Gasteiger partial charge in [0, 0.05) is 13.3 Å². The first-order valence-corrected chi connectivity index (χ1v) is 12.8. The van der Waals surface area contributed by atoms with E-state index in [9.17, 15) is 9.59 Å². The molecule has 5 nitrogen and oxygen atoms in total. The highest BCUT2D eigenvalue weighted by atomic mass is 16.5. The lowest BCUT2D eigenvalue weighted by molar-refractivity contribution is -0.144. The molecule has 1 aliphatic rings. The van der Waals surface area contributed by atoms with Gasteiger partial charge in [0.1, 0.15) is 5.76 Å². The standard InChI is InChI=1S/C26H43NO4/c1-3-4-5-6-7-8-9-10-11-12-13-14-15-16-17-18-22-25-23(31-27-22)19-20-24(26(25)29)30-21(2)28/h24H,3-20H2,1-2H3. The SMILES string of the molecule is CCCCCCCCCCCCCCCCCc1noc2c1C(=O)C(OC(C)=O)CC2. The molecule has 1 aromatic rings. The molecule has 1 heterocycles. The molecule has 0 bridgehead atoms. The van der Waals surface area contributed by atoms with Gasteiger partial charge in [-0.1, -0.05) is 102 Å². The van der Waals surface area contributed by atoms with E-state index in [1.165, 1.54) is 90.4 Å². The number of aromatic nitrogens is 1. The molecule has 0 aliphatic heterocycles. The number of ketones is 1. The van der Waals surface area contributed by atoms with E-state index in [0.717, 1.165) is 25.0 Å². The third-order valence-electron chi connectivity index (χ3n) is 6.33. The molecule has 1 aliphatic carbocycles. The summed E-state index contributed by atoms with van der Waals surface area (Å²) in [5.41, 5.74) is 1.31. The molecule has 0 saturated heterocycles. The number of esters is 1. The Morgan fingerprint density at radius 1 is 0.903 bits per heavy atom. The number of Topliss-reactive ketones (excluding diaryl/α,β-unsaturated/α-hetero) is 1. The molecule has 0 fully saturated rings. The van der Waals surface area contributed by atoms with Gasteiger partial charge in [-0.25, -0.2) is 0 Å². The monoisotopic (exact) mass is 433 g/mol. The lowest BCUT2D eigenvalue weighted by atomic mass is 9.91. The van der Waals surface area contributed by atoms with Crippen LogP contribution in [0.2, 0.25) is 0 Å². The maximum Gasteiger partial charge on any atom is 0.303 e. The Labute approximate surface area is 188 Å². The Kier molecular flexibility index (Phi) is 12.6. The summed E-state index contributed by atoms with van der Waals surface area (Å²) in [6, 6.07) is 0. The molecule has 0 spiro atoms. The number of rotatable bonds is 17. The summed E-state index contributed by atoms with van der Waals surface area (Å²) in [6.07, 6.45) is 21.2. The predicted octanol–water partition coefficient (Wildman–Crippen LogP) is 7.15. The third-order valence-corrected chi connectivity index (χ3v) is 6.33. The van der Waals surface area contributed by atoms with Gasteiger partial charge in [-0.05, 0) is 19.3 Å². The van der Waals surface area contributed by atoms with Crippen molar-refractivity contribution < 1.29 is 18.8 Å². The molecule has 0 radical (unpaired) electrons. The van der Waals surface area contributed by atoms with Crippen LogP contribution in [0, 0.1) is 0 Å². The zero-order valence-corrected chi connectivity index (χ0v) is 19.9. The number of fused-ring (bicyclic) bond motifs is 1. The minimum atomic E-state index is -0.677. The molecule has 1 atom stereocenters. The second kappa shape index (κ2) is 15.2. The predicted molar refractivity (Wildman–Crippen MR) is 123 cm³/mol. The molecule has 1 unspecified atom stereocenters. The molecule has 176 valence electrons. The molecule has 0 N–H and O–H groups in total. The Balaban J connectivity index is 1.49. The molecule has 2 rings (SSSR count). The number of nitrogens with zero attached hydrogens (tertiary/aromatic N) is 1. The van der Waals surface area contributed by atoms with Crippen molar-refractivity contribution in [3.05, 3.63) is 17.0 Å². The van der Waals surface area contributed by atoms with Crippen LogP contribution < -0.4 is 0 Å². The van der Waals surface area contributed by atoms with E-state index < -0.39 is 12.1 Å². The molecule has 0 aromatic carbocycles. The van der Waals surface area contributed by atoms with Crippen LogP contribution in [0.4, 0.5) is 0 Å². The van der Waals surface area contributed by atoms with E-state index in [-0.39, 0.29) is 5.78 Å². The zero-order chi connectivity index (χ0) is 22.3. The fraction of sp³-hybridized carbons (Fsp3) is 0.808. The number of carbonyl (C=O) groups excluding carboxylic acids is 2. The van der Waals surface area contributed by atoms with Gasteiger partial charge in [0.25, 0.3) is 0 Å². The summed E-state index contributed by atoms with van der Waals surface area (Å²) < 4.78 is 10.5. The smallest absolute Gasteiger partial charge is 0.303 e. The van der Waals surface area contributed by atoms with Crippen LogP contribution in [0.15, 0.2) is 4.52 Å². The van der Waals surface area contributed by atoms with Gasteiger partial charge in [0.15, 0.2) is 6.10 Å². The molecular weight excluding hydrogens is 390 g/mol. The van der Waals surface area contributed by atoms with Crippen LogP contribution in [-0.2, 0) is 22.4 Å². The highest BCUT2D eigenvalue weighted by Crippen LogP contribution is 2.27. The fourth-order valence-electron chi connectivity index (χ4n) is 4.51. The first-order valence-electron chi connectivity index (χ1n) is 12.8. The lowest BCUT2D eigenvalue weighted by Crippen LogP contribution is -2.31. The summed E-state index contributed by atoms with van der Waals surface area (Å²) in [5, 5.41) is 4.13. The van der Waals surface area contributed by atoms with Gasteiger partial charge < -0.3 is 9.26 Å². The number of ether oxygens (including phenoxy) is 1. The highest BCUT2D eigenvalue weighted by molar-refractivity contribution is 6.03. The Bertz CT molecular complexity index is 652. The van der Waals surface area contributed by atoms with Gasteiger partial charge in [0.2, 0.25) is 5.78 Å². The molecule has 5 heteroatoms. The van der Waals surface area contributed by atoms with Crippen LogP contribution in [0.25, 0.3) is 0 Å². The van der Waals surface area contributed by atoms with Gasteiger partial charge in [0.05, 0.1) is 11.3 Å². The topological polar surface area (TPSA) is 69.4 Å². The lowest BCUT2D eigenvalue weighted by Gasteiger charge is -2.19. The minimum absolute atomic E-state index is 0.145. The zero-order valence-electron chi connectivity index (χ0n) is 19.9. The van der Waals surface area contributed by atoms with Gasteiger partial charge >= 0.3 is 5.97 Å². The van der Waals surface area contributed by atoms with Crippen molar-refractivity contribution in [3.63, 3.8) is 0 Å². The van der Waals surface area contributed by atoms with Gasteiger partial charge in [-0.2, -0.15) is 0 Å². The van der Waals surface area contributed by atoms with Crippen LogP contribution in [0.5, 0.6) is 0 Å². The van der Waals surface area contributed by atoms with Crippen molar-refractivity contribution in [2.24, 2.45) is 0 Å². The summed E-state index contributed by atoms with van der Waals surface area (Å²) >= 11 is 0. The summed E-state index contributed by atoms with van der Waals surface area (Å²) in [5.74, 6) is 0.0974. The average Bonchev–Trinajstić information content (AvgIpc) is 3.16. The summed E-state index contributed by atoms with van der Waals surface area (Å²) in [6.45, 7) is 3.61. The van der Waals surface area contributed by atoms with E-state index in [4.69, 9.17) is 9.26 Å². The number of hydrogen-bond donors (Lipinski definition) is 0. The number of unbranched alkanes of at least 4 members (excludes halogenated alkanes) is 14. The third kappa shape index (κ3) is 9.57. The average molecular weight is 434 g/mol. The maximum absolute atomic E-state index is 12.6. The van der Waals surface area contributed by atoms with Crippen LogP contribution >= 0.6 is 0 Å². The largest absolute Gasteiger partial charge is 0.454 e. The highest BCUT2D eigenvalue weighted by Gasteiger charge is 2.35. The second-order valence-electron chi connectivity index (χ2n) is 9.13. The first kappa shape index (κ1) is 25.6. The maximum atomic E-state index is 12.6. The van der Waals surface area contributed by atoms with Crippen molar-refractivity contribution in [2.75, 3.05) is 0 Å². The van der Waals surface area contributed by atoms with Gasteiger partial charge in [-0.3, -0.25) is 9.59 Å². The minimum Gasteiger partial charge on any atom is -0.454 e. The molecule has 0 saturated carbocycles. The van der Waals surface area contributed by atoms with Crippen molar-refractivity contribution in [3.8, 4) is 0 Å². The van der Waals surface area contributed by atoms with E-state index in [1.54, 1.807) is 0 Å². The molecular formula is C26H43NO4. The van der Waals surface area contributed by atoms with Crippen molar-refractivity contribution in [1.82, 2.24) is 5.16 Å². The van der Waals surface area contributed by atoms with E-state index >= 15 is 0 Å². The van der Waals surface area contributed by atoms with E-state index in [1.807, 2.05) is 0 Å². The Hall–Kier alpha value is -1.65. The van der Waals surface area contributed by atoms with E-state index in [0.29, 0.717) is 24.2 Å². The number of aryl methyl sites for hydroxylation is 2. The number of carbonyl (C=O) groups is 2. The van der Waals surface area contributed by atoms with Crippen LogP contribution in [0.3, 0.4) is 0 Å². The van der Waals surface area contributed by atoms with Crippen LogP contribution in [0.1, 0.15) is 138 Å². The van der Waals surface area contributed by atoms with E-state index in [2.05, 4.69) is 12.1 Å². The quantitative estimate of drug-likeness (QED) is 0.193. The fourth-order valence-corrected chi connectivity index (χ4v) is 4.51.